The average Bonchev–Trinajstić information content (AvgIpc) is 2.72. The first-order valence-electron chi connectivity index (χ1n) is 10.1. The number of nitrogens with one attached hydrogen (secondary N) is 2. The lowest BCUT2D eigenvalue weighted by molar-refractivity contribution is -0.143. The number of nitrogens with zero attached hydrogens (tertiary/aromatic N) is 1. The molecule has 8 nitrogen and oxygen atoms in total. The Morgan fingerprint density at radius 3 is 2.71 bits per heavy atom. The molecule has 1 unspecified atom stereocenters. The molecule has 2 rings (SSSR count). The van der Waals surface area contributed by atoms with Gasteiger partial charge in [0, 0.05) is 13.1 Å². The van der Waals surface area contributed by atoms with Crippen molar-refractivity contribution in [1.82, 2.24) is 15.5 Å². The fourth-order valence-electron chi connectivity index (χ4n) is 3.49. The maximum absolute atomic E-state index is 12.5. The highest BCUT2D eigenvalue weighted by Gasteiger charge is 2.30. The number of hydrogen-bond donors (Lipinski definition) is 2. The molecule has 0 radical (unpaired) electrons. The Hall–Kier alpha value is -2.11. The Bertz CT molecular complexity index is 583. The predicted molar refractivity (Wildman–Crippen MR) is 103 cm³/mol. The van der Waals surface area contributed by atoms with E-state index in [0.29, 0.717) is 19.5 Å². The molecule has 0 aromatic carbocycles. The van der Waals surface area contributed by atoms with Crippen molar-refractivity contribution in [3.63, 3.8) is 0 Å². The summed E-state index contributed by atoms with van der Waals surface area (Å²) in [5, 5.41) is 5.98. The molecule has 2 fully saturated rings. The van der Waals surface area contributed by atoms with Crippen molar-refractivity contribution in [2.24, 2.45) is 5.92 Å². The zero-order chi connectivity index (χ0) is 20.4. The number of hydrogen-bond acceptors (Lipinski definition) is 6. The Labute approximate surface area is 166 Å². The molecule has 2 aliphatic heterocycles. The average molecular weight is 393 g/mol. The summed E-state index contributed by atoms with van der Waals surface area (Å²) in [6.45, 7) is 4.82. The minimum Gasteiger partial charge on any atom is -0.466 e. The lowest BCUT2D eigenvalue weighted by Gasteiger charge is -2.33. The van der Waals surface area contributed by atoms with Crippen LogP contribution in [0, 0.1) is 18.3 Å². The van der Waals surface area contributed by atoms with Crippen LogP contribution in [-0.2, 0) is 23.9 Å². The number of likely N-dealkylation sites (tertiary alicyclic amines) is 1. The molecule has 0 spiro atoms. The summed E-state index contributed by atoms with van der Waals surface area (Å²) in [5.74, 6) is 1.31. The maximum Gasteiger partial charge on any atom is 0.308 e. The first-order valence-corrected chi connectivity index (χ1v) is 10.1. The summed E-state index contributed by atoms with van der Waals surface area (Å²) < 4.78 is 10.6. The summed E-state index contributed by atoms with van der Waals surface area (Å²) in [6, 6.07) is -0.708. The highest BCUT2D eigenvalue weighted by molar-refractivity contribution is 5.83. The van der Waals surface area contributed by atoms with E-state index in [-0.39, 0.29) is 43.5 Å². The van der Waals surface area contributed by atoms with E-state index in [1.54, 1.807) is 11.8 Å². The monoisotopic (exact) mass is 393 g/mol. The summed E-state index contributed by atoms with van der Waals surface area (Å²) in [5.41, 5.74) is 0. The zero-order valence-electron chi connectivity index (χ0n) is 16.6. The molecular formula is C20H31N3O5. The summed E-state index contributed by atoms with van der Waals surface area (Å²) in [6.07, 6.45) is 8.73. The van der Waals surface area contributed by atoms with Gasteiger partial charge in [0.1, 0.15) is 12.6 Å². The van der Waals surface area contributed by atoms with Crippen LogP contribution in [0.2, 0.25) is 0 Å². The number of ether oxygens (including phenoxy) is 2. The molecule has 2 N–H and O–H groups in total. The lowest BCUT2D eigenvalue weighted by atomic mass is 9.96. The second kappa shape index (κ2) is 11.7. The van der Waals surface area contributed by atoms with Gasteiger partial charge in [-0.1, -0.05) is 5.92 Å². The minimum absolute atomic E-state index is 0.0504. The van der Waals surface area contributed by atoms with Crippen molar-refractivity contribution in [2.75, 3.05) is 39.4 Å². The highest BCUT2D eigenvalue weighted by atomic mass is 16.5. The first-order chi connectivity index (χ1) is 13.5. The van der Waals surface area contributed by atoms with Crippen molar-refractivity contribution < 1.29 is 23.9 Å². The topological polar surface area (TPSA) is 97.0 Å². The Morgan fingerprint density at radius 1 is 1.29 bits per heavy atom. The van der Waals surface area contributed by atoms with Crippen LogP contribution >= 0.6 is 0 Å². The fraction of sp³-hybridized carbons (Fsp3) is 0.750. The van der Waals surface area contributed by atoms with Crippen molar-refractivity contribution in [3.8, 4) is 12.3 Å². The predicted octanol–water partition coefficient (Wildman–Crippen LogP) is 0.0648. The van der Waals surface area contributed by atoms with Gasteiger partial charge in [-0.15, -0.1) is 6.42 Å². The summed E-state index contributed by atoms with van der Waals surface area (Å²) in [7, 11) is 0. The van der Waals surface area contributed by atoms with Gasteiger partial charge in [0.05, 0.1) is 25.0 Å². The molecule has 2 atom stereocenters. The Morgan fingerprint density at radius 2 is 2.04 bits per heavy atom. The van der Waals surface area contributed by atoms with Gasteiger partial charge in [-0.25, -0.2) is 0 Å². The molecule has 156 valence electrons. The lowest BCUT2D eigenvalue weighted by Crippen LogP contribution is -2.48. The van der Waals surface area contributed by atoms with E-state index >= 15 is 0 Å². The van der Waals surface area contributed by atoms with Gasteiger partial charge in [-0.2, -0.15) is 0 Å². The number of terminal acetylenes is 1. The molecule has 2 saturated heterocycles. The molecular weight excluding hydrogens is 362 g/mol. The molecule has 0 saturated carbocycles. The highest BCUT2D eigenvalue weighted by Crippen LogP contribution is 2.18. The third kappa shape index (κ3) is 7.13. The normalized spacial score (nSPS) is 21.4. The van der Waals surface area contributed by atoms with Gasteiger partial charge in [0.2, 0.25) is 11.8 Å². The molecule has 2 amide bonds. The first kappa shape index (κ1) is 22.2. The van der Waals surface area contributed by atoms with Crippen LogP contribution in [0.3, 0.4) is 0 Å². The molecule has 28 heavy (non-hydrogen) atoms. The van der Waals surface area contributed by atoms with Crippen LogP contribution in [0.4, 0.5) is 0 Å². The van der Waals surface area contributed by atoms with E-state index in [9.17, 15) is 14.4 Å². The second-order valence-electron chi connectivity index (χ2n) is 7.18. The third-order valence-corrected chi connectivity index (χ3v) is 5.07. The SMILES string of the molecule is C#CC(CC(=O)OCC)NC(=O)[C@@H]1CCCN(C(=O)COC2CCNCC2)C1. The van der Waals surface area contributed by atoms with Crippen molar-refractivity contribution >= 4 is 17.8 Å². The van der Waals surface area contributed by atoms with E-state index in [4.69, 9.17) is 15.9 Å². The van der Waals surface area contributed by atoms with E-state index in [1.165, 1.54) is 0 Å². The molecule has 2 heterocycles. The summed E-state index contributed by atoms with van der Waals surface area (Å²) >= 11 is 0. The smallest absolute Gasteiger partial charge is 0.308 e. The van der Waals surface area contributed by atoms with Crippen LogP contribution < -0.4 is 10.6 Å². The molecule has 0 aromatic heterocycles. The number of carbonyl (C=O) groups excluding carboxylic acids is 3. The van der Waals surface area contributed by atoms with E-state index in [0.717, 1.165) is 32.4 Å². The van der Waals surface area contributed by atoms with Crippen LogP contribution in [0.15, 0.2) is 0 Å². The van der Waals surface area contributed by atoms with Crippen molar-refractivity contribution in [2.45, 2.75) is 51.2 Å². The van der Waals surface area contributed by atoms with E-state index in [2.05, 4.69) is 16.6 Å². The van der Waals surface area contributed by atoms with Gasteiger partial charge in [-0.3, -0.25) is 14.4 Å². The van der Waals surface area contributed by atoms with Crippen LogP contribution in [0.25, 0.3) is 0 Å². The Kier molecular flexibility index (Phi) is 9.24. The molecule has 0 bridgehead atoms. The third-order valence-electron chi connectivity index (χ3n) is 5.07. The molecule has 0 aliphatic carbocycles. The summed E-state index contributed by atoms with van der Waals surface area (Å²) in [4.78, 5) is 38.3. The van der Waals surface area contributed by atoms with E-state index in [1.807, 2.05) is 0 Å². The number of amides is 2. The Balaban J connectivity index is 1.78. The molecule has 0 aromatic rings. The van der Waals surface area contributed by atoms with Crippen LogP contribution in [0.1, 0.15) is 39.0 Å². The maximum atomic E-state index is 12.5. The van der Waals surface area contributed by atoms with E-state index < -0.39 is 12.0 Å². The molecule has 2 aliphatic rings. The van der Waals surface area contributed by atoms with Crippen LogP contribution in [0.5, 0.6) is 0 Å². The quantitative estimate of drug-likeness (QED) is 0.447. The standard InChI is InChI=1S/C20H31N3O5/c1-3-16(12-19(25)27-4-2)22-20(26)15-6-5-11-23(13-15)18(24)14-28-17-7-9-21-10-8-17/h1,15-17,21H,4-14H2,2H3,(H,22,26)/t15-,16?/m1/s1. The largest absolute Gasteiger partial charge is 0.466 e. The van der Waals surface area contributed by atoms with Gasteiger partial charge in [0.25, 0.3) is 0 Å². The number of carbonyl (C=O) groups is 3. The van der Waals surface area contributed by atoms with Gasteiger partial charge < -0.3 is 25.0 Å². The number of rotatable bonds is 8. The van der Waals surface area contributed by atoms with Crippen molar-refractivity contribution in [1.29, 1.82) is 0 Å². The number of piperidine rings is 2. The van der Waals surface area contributed by atoms with Gasteiger partial charge in [-0.05, 0) is 45.7 Å². The molecule has 8 heteroatoms. The fourth-order valence-corrected chi connectivity index (χ4v) is 3.49. The van der Waals surface area contributed by atoms with Gasteiger partial charge >= 0.3 is 5.97 Å². The van der Waals surface area contributed by atoms with Gasteiger partial charge in [0.15, 0.2) is 0 Å². The van der Waals surface area contributed by atoms with Crippen LogP contribution in [-0.4, -0.2) is 74.2 Å². The zero-order valence-corrected chi connectivity index (χ0v) is 16.6. The second-order valence-corrected chi connectivity index (χ2v) is 7.18. The van der Waals surface area contributed by atoms with Crippen molar-refractivity contribution in [3.05, 3.63) is 0 Å². The number of esters is 1. The minimum atomic E-state index is -0.708.